The van der Waals surface area contributed by atoms with Crippen LogP contribution in [0.25, 0.3) is 0 Å². The number of nitrogens with zero attached hydrogens (tertiary/aromatic N) is 1. The molecule has 0 aromatic heterocycles. The lowest BCUT2D eigenvalue weighted by Gasteiger charge is -2.15. The number of hydroxylamine groups is 1. The van der Waals surface area contributed by atoms with E-state index in [0.29, 0.717) is 4.47 Å². The minimum Gasteiger partial charge on any atom is -0.449 e. The monoisotopic (exact) mass is 356 g/mol. The minimum atomic E-state index is -3.79. The summed E-state index contributed by atoms with van der Waals surface area (Å²) < 4.78 is 29.8. The van der Waals surface area contributed by atoms with Crippen molar-refractivity contribution in [3.8, 4) is 0 Å². The highest BCUT2D eigenvalue weighted by molar-refractivity contribution is 7.89. The number of benzene rings is 1. The smallest absolute Gasteiger partial charge is 0.338 e. The molecule has 8 nitrogen and oxygen atoms in total. The standard InChI is InChI=1S/C15H20N2O6S/c1-5-10-16-14(18)11(2)23-15(19)12-6-8-13(9-7-12)24(20,21)17(3)22-4/h5-9,11H,1,10H2,2-4H3,(H,16,18)/t11-/m0/s1. The van der Waals surface area contributed by atoms with Crippen LogP contribution in [0.3, 0.4) is 0 Å². The van der Waals surface area contributed by atoms with Gasteiger partial charge in [-0.15, -0.1) is 6.58 Å². The Morgan fingerprint density at radius 3 is 2.42 bits per heavy atom. The van der Waals surface area contributed by atoms with Crippen LogP contribution in [-0.2, 0) is 24.4 Å². The second-order valence-corrected chi connectivity index (χ2v) is 6.64. The molecule has 0 aliphatic heterocycles. The van der Waals surface area contributed by atoms with E-state index in [4.69, 9.17) is 4.74 Å². The number of ether oxygens (including phenoxy) is 1. The van der Waals surface area contributed by atoms with E-state index in [-0.39, 0.29) is 17.0 Å². The van der Waals surface area contributed by atoms with Crippen LogP contribution in [0, 0.1) is 0 Å². The van der Waals surface area contributed by atoms with Gasteiger partial charge in [0.05, 0.1) is 17.6 Å². The fraction of sp³-hybridized carbons (Fsp3) is 0.333. The molecule has 24 heavy (non-hydrogen) atoms. The molecule has 0 fully saturated rings. The number of carbonyl (C=O) groups excluding carboxylic acids is 2. The molecule has 1 aromatic rings. The third-order valence-electron chi connectivity index (χ3n) is 3.06. The van der Waals surface area contributed by atoms with Gasteiger partial charge in [0.25, 0.3) is 15.9 Å². The van der Waals surface area contributed by atoms with Crippen LogP contribution in [0.5, 0.6) is 0 Å². The van der Waals surface area contributed by atoms with Gasteiger partial charge in [-0.25, -0.2) is 13.2 Å². The van der Waals surface area contributed by atoms with E-state index in [9.17, 15) is 18.0 Å². The fourth-order valence-electron chi connectivity index (χ4n) is 1.61. The first-order valence-corrected chi connectivity index (χ1v) is 8.40. The molecule has 0 aliphatic carbocycles. The SMILES string of the molecule is C=CCNC(=O)[C@H](C)OC(=O)c1ccc(S(=O)(=O)N(C)OC)cc1. The largest absolute Gasteiger partial charge is 0.449 e. The fourth-order valence-corrected chi connectivity index (χ4v) is 2.58. The zero-order chi connectivity index (χ0) is 18.3. The van der Waals surface area contributed by atoms with Crippen molar-refractivity contribution in [3.05, 3.63) is 42.5 Å². The van der Waals surface area contributed by atoms with E-state index in [1.54, 1.807) is 0 Å². The third-order valence-corrected chi connectivity index (χ3v) is 4.75. The number of carbonyl (C=O) groups is 2. The summed E-state index contributed by atoms with van der Waals surface area (Å²) in [5.74, 6) is -1.19. The van der Waals surface area contributed by atoms with Crippen LogP contribution >= 0.6 is 0 Å². The number of sulfonamides is 1. The lowest BCUT2D eigenvalue weighted by Crippen LogP contribution is -2.35. The van der Waals surface area contributed by atoms with Crippen molar-refractivity contribution in [3.63, 3.8) is 0 Å². The molecule has 1 atom stereocenters. The molecule has 0 spiro atoms. The molecule has 0 saturated carbocycles. The second kappa shape index (κ2) is 8.57. The predicted molar refractivity (Wildman–Crippen MR) is 86.5 cm³/mol. The average molecular weight is 356 g/mol. The number of esters is 1. The maximum absolute atomic E-state index is 12.0. The van der Waals surface area contributed by atoms with Crippen molar-refractivity contribution in [2.75, 3.05) is 20.7 Å². The summed E-state index contributed by atoms with van der Waals surface area (Å²) in [6, 6.07) is 5.11. The lowest BCUT2D eigenvalue weighted by atomic mass is 10.2. The van der Waals surface area contributed by atoms with Crippen LogP contribution in [0.15, 0.2) is 41.8 Å². The van der Waals surface area contributed by atoms with Gasteiger partial charge in [0.2, 0.25) is 0 Å². The van der Waals surface area contributed by atoms with Crippen molar-refractivity contribution in [1.82, 2.24) is 9.79 Å². The summed E-state index contributed by atoms with van der Waals surface area (Å²) in [7, 11) is -1.32. The van der Waals surface area contributed by atoms with Crippen molar-refractivity contribution in [2.45, 2.75) is 17.9 Å². The molecule has 0 bridgehead atoms. The molecule has 0 unspecified atom stereocenters. The molecule has 1 amide bonds. The van der Waals surface area contributed by atoms with Crippen LogP contribution in [-0.4, -0.2) is 51.6 Å². The Hall–Kier alpha value is -2.23. The third kappa shape index (κ3) is 4.88. The van der Waals surface area contributed by atoms with Crippen molar-refractivity contribution >= 4 is 21.9 Å². The number of amides is 1. The Kier molecular flexibility index (Phi) is 7.08. The van der Waals surface area contributed by atoms with Gasteiger partial charge in [-0.2, -0.15) is 0 Å². The molecular weight excluding hydrogens is 336 g/mol. The molecule has 0 aliphatic rings. The second-order valence-electron chi connectivity index (χ2n) is 4.70. The van der Waals surface area contributed by atoms with Crippen molar-refractivity contribution in [2.24, 2.45) is 0 Å². The van der Waals surface area contributed by atoms with E-state index in [2.05, 4.69) is 16.7 Å². The van der Waals surface area contributed by atoms with Crippen molar-refractivity contribution in [1.29, 1.82) is 0 Å². The maximum Gasteiger partial charge on any atom is 0.338 e. The molecule has 0 saturated heterocycles. The molecule has 1 N–H and O–H groups in total. The average Bonchev–Trinajstić information content (AvgIpc) is 2.58. The lowest BCUT2D eigenvalue weighted by molar-refractivity contribution is -0.128. The topological polar surface area (TPSA) is 102 Å². The Balaban J connectivity index is 2.80. The molecule has 9 heteroatoms. The predicted octanol–water partition coefficient (Wildman–Crippen LogP) is 0.716. The highest BCUT2D eigenvalue weighted by Gasteiger charge is 2.22. The van der Waals surface area contributed by atoms with Gasteiger partial charge >= 0.3 is 5.97 Å². The van der Waals surface area contributed by atoms with Gasteiger partial charge in [0, 0.05) is 13.6 Å². The van der Waals surface area contributed by atoms with Gasteiger partial charge in [0.1, 0.15) is 0 Å². The molecule has 0 radical (unpaired) electrons. The van der Waals surface area contributed by atoms with Crippen LogP contribution < -0.4 is 5.32 Å². The van der Waals surface area contributed by atoms with Gasteiger partial charge < -0.3 is 10.1 Å². The molecule has 0 heterocycles. The maximum atomic E-state index is 12.0. The Morgan fingerprint density at radius 1 is 1.33 bits per heavy atom. The Bertz CT molecular complexity index is 699. The zero-order valence-corrected chi connectivity index (χ0v) is 14.5. The highest BCUT2D eigenvalue weighted by atomic mass is 32.2. The Morgan fingerprint density at radius 2 is 1.92 bits per heavy atom. The summed E-state index contributed by atoms with van der Waals surface area (Å²) in [6.07, 6.45) is 0.517. The summed E-state index contributed by atoms with van der Waals surface area (Å²) in [4.78, 5) is 28.2. The summed E-state index contributed by atoms with van der Waals surface area (Å²) in [6.45, 7) is 5.16. The van der Waals surface area contributed by atoms with E-state index in [1.807, 2.05) is 0 Å². The van der Waals surface area contributed by atoms with E-state index in [1.165, 1.54) is 51.4 Å². The van der Waals surface area contributed by atoms with Gasteiger partial charge in [-0.05, 0) is 31.2 Å². The van der Waals surface area contributed by atoms with Crippen LogP contribution in [0.4, 0.5) is 0 Å². The van der Waals surface area contributed by atoms with E-state index >= 15 is 0 Å². The quantitative estimate of drug-likeness (QED) is 0.418. The Labute approximate surface area is 141 Å². The van der Waals surface area contributed by atoms with Crippen molar-refractivity contribution < 1.29 is 27.6 Å². The van der Waals surface area contributed by atoms with Crippen LogP contribution in [0.2, 0.25) is 0 Å². The number of hydrogen-bond donors (Lipinski definition) is 1. The van der Waals surface area contributed by atoms with Gasteiger partial charge in [-0.3, -0.25) is 9.63 Å². The number of rotatable bonds is 8. The number of hydrogen-bond acceptors (Lipinski definition) is 6. The summed E-state index contributed by atoms with van der Waals surface area (Å²) in [5, 5.41) is 2.50. The molecule has 1 rings (SSSR count). The zero-order valence-electron chi connectivity index (χ0n) is 13.7. The summed E-state index contributed by atoms with van der Waals surface area (Å²) in [5.41, 5.74) is 0.123. The first-order valence-electron chi connectivity index (χ1n) is 6.96. The molecular formula is C15H20N2O6S. The van der Waals surface area contributed by atoms with Gasteiger partial charge in [0.15, 0.2) is 6.10 Å². The highest BCUT2D eigenvalue weighted by Crippen LogP contribution is 2.16. The molecule has 132 valence electrons. The van der Waals surface area contributed by atoms with E-state index < -0.39 is 28.0 Å². The van der Waals surface area contributed by atoms with Gasteiger partial charge in [-0.1, -0.05) is 10.5 Å². The first-order chi connectivity index (χ1) is 11.2. The minimum absolute atomic E-state index is 0.0415. The normalized spacial score (nSPS) is 12.5. The first kappa shape index (κ1) is 19.8. The number of nitrogens with one attached hydrogen (secondary N) is 1. The van der Waals surface area contributed by atoms with Crippen LogP contribution in [0.1, 0.15) is 17.3 Å². The molecule has 1 aromatic carbocycles. The summed E-state index contributed by atoms with van der Waals surface area (Å²) >= 11 is 0. The van der Waals surface area contributed by atoms with E-state index in [0.717, 1.165) is 0 Å².